The van der Waals surface area contributed by atoms with Crippen LogP contribution in [-0.2, 0) is 0 Å². The molecule has 4 heteroatoms. The SMILES string of the molecule is Cc1cc(C)c2oc(-c3ccccc3F)c(O)c(=O)c2c1. The molecule has 3 rings (SSSR count). The second kappa shape index (κ2) is 4.74. The highest BCUT2D eigenvalue weighted by Gasteiger charge is 2.18. The van der Waals surface area contributed by atoms with Crippen LogP contribution in [0.5, 0.6) is 5.75 Å². The standard InChI is InChI=1S/C17H13FO3/c1-9-7-10(2)16-12(8-9)14(19)15(20)17(21-16)11-5-3-4-6-13(11)18/h3-8,20H,1-2H3. The molecule has 0 spiro atoms. The fourth-order valence-corrected chi connectivity index (χ4v) is 2.47. The minimum Gasteiger partial charge on any atom is -0.502 e. The lowest BCUT2D eigenvalue weighted by Crippen LogP contribution is -2.04. The average Bonchev–Trinajstić information content (AvgIpc) is 2.44. The Morgan fingerprint density at radius 1 is 1.14 bits per heavy atom. The summed E-state index contributed by atoms with van der Waals surface area (Å²) >= 11 is 0. The number of hydrogen-bond donors (Lipinski definition) is 1. The normalized spacial score (nSPS) is 11.0. The van der Waals surface area contributed by atoms with Crippen molar-refractivity contribution in [1.82, 2.24) is 0 Å². The third-order valence-corrected chi connectivity index (χ3v) is 3.42. The van der Waals surface area contributed by atoms with E-state index in [1.54, 1.807) is 19.1 Å². The maximum absolute atomic E-state index is 13.9. The Morgan fingerprint density at radius 2 is 1.86 bits per heavy atom. The largest absolute Gasteiger partial charge is 0.502 e. The summed E-state index contributed by atoms with van der Waals surface area (Å²) in [5, 5.41) is 10.4. The molecule has 0 aliphatic rings. The van der Waals surface area contributed by atoms with Gasteiger partial charge < -0.3 is 9.52 Å². The molecule has 1 aromatic heterocycles. The molecular weight excluding hydrogens is 271 g/mol. The van der Waals surface area contributed by atoms with E-state index in [4.69, 9.17) is 4.42 Å². The Morgan fingerprint density at radius 3 is 2.57 bits per heavy atom. The van der Waals surface area contributed by atoms with Gasteiger partial charge in [0.2, 0.25) is 11.2 Å². The minimum atomic E-state index is -0.572. The fraction of sp³-hybridized carbons (Fsp3) is 0.118. The van der Waals surface area contributed by atoms with Gasteiger partial charge in [-0.05, 0) is 43.2 Å². The molecule has 0 fully saturated rings. The lowest BCUT2D eigenvalue weighted by atomic mass is 10.1. The van der Waals surface area contributed by atoms with Gasteiger partial charge in [-0.1, -0.05) is 18.2 Å². The van der Waals surface area contributed by atoms with Crippen LogP contribution in [0.2, 0.25) is 0 Å². The first-order valence-electron chi connectivity index (χ1n) is 6.51. The third kappa shape index (κ3) is 2.09. The summed E-state index contributed by atoms with van der Waals surface area (Å²) in [5.74, 6) is -1.27. The molecule has 0 amide bonds. The van der Waals surface area contributed by atoms with Crippen LogP contribution in [0.3, 0.4) is 0 Å². The second-order valence-electron chi connectivity index (χ2n) is 5.05. The lowest BCUT2D eigenvalue weighted by molar-refractivity contribution is 0.447. The van der Waals surface area contributed by atoms with Crippen molar-refractivity contribution >= 4 is 11.0 Å². The highest BCUT2D eigenvalue weighted by atomic mass is 19.1. The topological polar surface area (TPSA) is 50.4 Å². The maximum atomic E-state index is 13.9. The van der Waals surface area contributed by atoms with E-state index in [-0.39, 0.29) is 11.3 Å². The summed E-state index contributed by atoms with van der Waals surface area (Å²) < 4.78 is 19.5. The molecule has 106 valence electrons. The van der Waals surface area contributed by atoms with Crippen molar-refractivity contribution in [3.63, 3.8) is 0 Å². The predicted molar refractivity (Wildman–Crippen MR) is 79.0 cm³/mol. The van der Waals surface area contributed by atoms with Crippen LogP contribution in [-0.4, -0.2) is 5.11 Å². The maximum Gasteiger partial charge on any atom is 0.235 e. The monoisotopic (exact) mass is 284 g/mol. The van der Waals surface area contributed by atoms with E-state index >= 15 is 0 Å². The molecule has 0 radical (unpaired) electrons. The van der Waals surface area contributed by atoms with Crippen LogP contribution < -0.4 is 5.43 Å². The molecule has 21 heavy (non-hydrogen) atoms. The average molecular weight is 284 g/mol. The van der Waals surface area contributed by atoms with E-state index in [1.807, 2.05) is 13.0 Å². The minimum absolute atomic E-state index is 0.0639. The Hall–Kier alpha value is -2.62. The van der Waals surface area contributed by atoms with Gasteiger partial charge in [0, 0.05) is 0 Å². The van der Waals surface area contributed by atoms with E-state index in [2.05, 4.69) is 0 Å². The first kappa shape index (κ1) is 13.4. The molecule has 3 aromatic rings. The Bertz CT molecular complexity index is 910. The van der Waals surface area contributed by atoms with Crippen LogP contribution in [0.4, 0.5) is 4.39 Å². The highest BCUT2D eigenvalue weighted by Crippen LogP contribution is 2.32. The molecule has 0 bridgehead atoms. The van der Waals surface area contributed by atoms with Gasteiger partial charge in [0.15, 0.2) is 5.76 Å². The van der Waals surface area contributed by atoms with Gasteiger partial charge in [0.05, 0.1) is 10.9 Å². The summed E-state index contributed by atoms with van der Waals surface area (Å²) in [5.41, 5.74) is 1.53. The van der Waals surface area contributed by atoms with Gasteiger partial charge >= 0.3 is 0 Å². The number of benzene rings is 2. The van der Waals surface area contributed by atoms with E-state index < -0.39 is 17.0 Å². The van der Waals surface area contributed by atoms with Crippen LogP contribution >= 0.6 is 0 Å². The molecule has 0 atom stereocenters. The van der Waals surface area contributed by atoms with Crippen LogP contribution in [0.15, 0.2) is 45.6 Å². The first-order valence-corrected chi connectivity index (χ1v) is 6.51. The van der Waals surface area contributed by atoms with E-state index in [0.29, 0.717) is 11.0 Å². The number of rotatable bonds is 1. The number of fused-ring (bicyclic) bond motifs is 1. The van der Waals surface area contributed by atoms with Gasteiger partial charge in [-0.3, -0.25) is 4.79 Å². The summed E-state index contributed by atoms with van der Waals surface area (Å²) in [6, 6.07) is 9.38. The number of hydrogen-bond acceptors (Lipinski definition) is 3. The number of aromatic hydroxyl groups is 1. The molecule has 0 saturated carbocycles. The molecule has 0 aliphatic carbocycles. The molecule has 1 heterocycles. The van der Waals surface area contributed by atoms with Crippen LogP contribution in [0.25, 0.3) is 22.3 Å². The van der Waals surface area contributed by atoms with Crippen LogP contribution in [0.1, 0.15) is 11.1 Å². The van der Waals surface area contributed by atoms with E-state index in [0.717, 1.165) is 11.1 Å². The zero-order valence-corrected chi connectivity index (χ0v) is 11.6. The van der Waals surface area contributed by atoms with Gasteiger partial charge in [-0.15, -0.1) is 0 Å². The highest BCUT2D eigenvalue weighted by molar-refractivity contribution is 5.84. The van der Waals surface area contributed by atoms with Crippen molar-refractivity contribution in [2.75, 3.05) is 0 Å². The van der Waals surface area contributed by atoms with Crippen molar-refractivity contribution in [2.45, 2.75) is 13.8 Å². The first-order chi connectivity index (χ1) is 9.99. The van der Waals surface area contributed by atoms with Crippen LogP contribution in [0, 0.1) is 19.7 Å². The van der Waals surface area contributed by atoms with Gasteiger partial charge in [0.1, 0.15) is 11.4 Å². The molecule has 0 aliphatic heterocycles. The molecule has 3 nitrogen and oxygen atoms in total. The van der Waals surface area contributed by atoms with Crippen molar-refractivity contribution in [3.8, 4) is 17.1 Å². The van der Waals surface area contributed by atoms with Crippen molar-refractivity contribution in [3.05, 3.63) is 63.6 Å². The Kier molecular flexibility index (Phi) is 3.01. The second-order valence-corrected chi connectivity index (χ2v) is 5.05. The van der Waals surface area contributed by atoms with Crippen molar-refractivity contribution < 1.29 is 13.9 Å². The zero-order chi connectivity index (χ0) is 15.1. The molecule has 0 saturated heterocycles. The quantitative estimate of drug-likeness (QED) is 0.736. The van der Waals surface area contributed by atoms with E-state index in [1.165, 1.54) is 18.2 Å². The molecular formula is C17H13FO3. The van der Waals surface area contributed by atoms with Gasteiger partial charge in [0.25, 0.3) is 0 Å². The number of aryl methyl sites for hydroxylation is 2. The summed E-state index contributed by atoms with van der Waals surface area (Å²) in [6.07, 6.45) is 0. The molecule has 1 N–H and O–H groups in total. The lowest BCUT2D eigenvalue weighted by Gasteiger charge is -2.09. The summed E-state index contributed by atoms with van der Waals surface area (Å²) in [4.78, 5) is 12.3. The number of halogens is 1. The van der Waals surface area contributed by atoms with Crippen molar-refractivity contribution in [2.24, 2.45) is 0 Å². The summed E-state index contributed by atoms with van der Waals surface area (Å²) in [7, 11) is 0. The molecule has 0 unspecified atom stereocenters. The Balaban J connectivity index is 2.44. The van der Waals surface area contributed by atoms with Gasteiger partial charge in [-0.25, -0.2) is 4.39 Å². The smallest absolute Gasteiger partial charge is 0.235 e. The van der Waals surface area contributed by atoms with Crippen molar-refractivity contribution in [1.29, 1.82) is 0 Å². The van der Waals surface area contributed by atoms with E-state index in [9.17, 15) is 14.3 Å². The fourth-order valence-electron chi connectivity index (χ4n) is 2.47. The van der Waals surface area contributed by atoms with Gasteiger partial charge in [-0.2, -0.15) is 0 Å². The zero-order valence-electron chi connectivity index (χ0n) is 11.6. The molecule has 2 aromatic carbocycles. The third-order valence-electron chi connectivity index (χ3n) is 3.42. The predicted octanol–water partition coefficient (Wildman–Crippen LogP) is 3.92. The summed E-state index contributed by atoms with van der Waals surface area (Å²) in [6.45, 7) is 3.66. The Labute approximate surface area is 120 Å².